The molecule has 6 nitrogen and oxygen atoms in total. The van der Waals surface area contributed by atoms with E-state index >= 15 is 0 Å². The quantitative estimate of drug-likeness (QED) is 0.243. The van der Waals surface area contributed by atoms with Crippen molar-refractivity contribution in [3.63, 3.8) is 0 Å². The van der Waals surface area contributed by atoms with Gasteiger partial charge in [-0.2, -0.15) is 26.3 Å². The Labute approximate surface area is 232 Å². The normalized spacial score (nSPS) is 12.1. The van der Waals surface area contributed by atoms with Crippen LogP contribution in [0.2, 0.25) is 0 Å². The minimum Gasteiger partial charge on any atom is -0.354 e. The fraction of sp³-hybridized carbons (Fsp3) is 0.276. The van der Waals surface area contributed by atoms with Gasteiger partial charge >= 0.3 is 12.4 Å². The van der Waals surface area contributed by atoms with Gasteiger partial charge in [0, 0.05) is 32.1 Å². The second-order valence-corrected chi connectivity index (χ2v) is 9.64. The van der Waals surface area contributed by atoms with Gasteiger partial charge in [0.2, 0.25) is 5.95 Å². The van der Waals surface area contributed by atoms with Crippen LogP contribution < -0.4 is 10.6 Å². The number of anilines is 1. The van der Waals surface area contributed by atoms with E-state index in [9.17, 15) is 31.1 Å². The zero-order valence-corrected chi connectivity index (χ0v) is 22.4. The van der Waals surface area contributed by atoms with Gasteiger partial charge in [-0.15, -0.1) is 0 Å². The SMILES string of the molecule is CNC(=O)c1nc(NCCN(C)C)nc(Cc2cc(C(F)(F)F)cc(C(F)(F)F)c2)c1-c1cccc2ccccc12. The van der Waals surface area contributed by atoms with Gasteiger partial charge < -0.3 is 15.5 Å². The van der Waals surface area contributed by atoms with Crippen molar-refractivity contribution < 1.29 is 31.1 Å². The lowest BCUT2D eigenvalue weighted by atomic mass is 9.92. The Balaban J connectivity index is 1.99. The minimum absolute atomic E-state index is 0.0208. The molecule has 0 saturated carbocycles. The summed E-state index contributed by atoms with van der Waals surface area (Å²) in [5, 5.41) is 7.05. The molecule has 0 aliphatic rings. The Morgan fingerprint density at radius 3 is 2.12 bits per heavy atom. The standard InChI is InChI=1S/C29H27F6N5O/c1-36-26(41)25-24(22-10-6-8-18-7-4-5-9-21(18)22)23(38-27(39-25)37-11-12-40(2)3)15-17-13-19(28(30,31)32)16-20(14-17)29(33,34)35/h4-10,13-14,16H,11-12,15H2,1-3H3,(H,36,41)(H,37,38,39). The summed E-state index contributed by atoms with van der Waals surface area (Å²) in [6.07, 6.45) is -10.4. The topological polar surface area (TPSA) is 70.2 Å². The van der Waals surface area contributed by atoms with Crippen LogP contribution in [0.25, 0.3) is 21.9 Å². The molecule has 1 aromatic heterocycles. The molecule has 0 saturated heterocycles. The van der Waals surface area contributed by atoms with Crippen LogP contribution in [0, 0.1) is 0 Å². The second-order valence-electron chi connectivity index (χ2n) is 9.64. The van der Waals surface area contributed by atoms with E-state index in [0.29, 0.717) is 36.2 Å². The molecule has 41 heavy (non-hydrogen) atoms. The Morgan fingerprint density at radius 2 is 1.51 bits per heavy atom. The van der Waals surface area contributed by atoms with Crippen LogP contribution in [0.4, 0.5) is 32.3 Å². The second kappa shape index (κ2) is 11.7. The van der Waals surface area contributed by atoms with Gasteiger partial charge in [-0.3, -0.25) is 4.79 Å². The first-order valence-electron chi connectivity index (χ1n) is 12.6. The maximum absolute atomic E-state index is 13.6. The lowest BCUT2D eigenvalue weighted by Gasteiger charge is -2.19. The van der Waals surface area contributed by atoms with E-state index in [1.807, 2.05) is 37.2 Å². The highest BCUT2D eigenvalue weighted by Gasteiger charge is 2.37. The summed E-state index contributed by atoms with van der Waals surface area (Å²) < 4.78 is 81.7. The van der Waals surface area contributed by atoms with E-state index < -0.39 is 35.8 Å². The van der Waals surface area contributed by atoms with Crippen molar-refractivity contribution in [1.82, 2.24) is 20.2 Å². The Bertz CT molecular complexity index is 1530. The van der Waals surface area contributed by atoms with Gasteiger partial charge in [-0.05, 0) is 54.2 Å². The molecule has 0 aliphatic heterocycles. The summed E-state index contributed by atoms with van der Waals surface area (Å²) in [4.78, 5) is 24.0. The average Bonchev–Trinajstić information content (AvgIpc) is 2.91. The molecule has 0 unspecified atom stereocenters. The van der Waals surface area contributed by atoms with Crippen molar-refractivity contribution in [1.29, 1.82) is 0 Å². The third kappa shape index (κ3) is 6.94. The van der Waals surface area contributed by atoms with Crippen molar-refractivity contribution in [2.75, 3.05) is 39.5 Å². The molecule has 2 N–H and O–H groups in total. The zero-order valence-electron chi connectivity index (χ0n) is 22.4. The first-order chi connectivity index (χ1) is 19.3. The van der Waals surface area contributed by atoms with Crippen LogP contribution in [0.15, 0.2) is 60.7 Å². The van der Waals surface area contributed by atoms with Crippen molar-refractivity contribution in [3.8, 4) is 11.1 Å². The maximum atomic E-state index is 13.6. The highest BCUT2D eigenvalue weighted by atomic mass is 19.4. The molecule has 0 radical (unpaired) electrons. The molecule has 0 fully saturated rings. The summed E-state index contributed by atoms with van der Waals surface area (Å²) in [5.41, 5.74) is -2.38. The molecule has 1 amide bonds. The predicted molar refractivity (Wildman–Crippen MR) is 145 cm³/mol. The summed E-state index contributed by atoms with van der Waals surface area (Å²) in [5.74, 6) is -0.570. The van der Waals surface area contributed by atoms with Gasteiger partial charge in [0.25, 0.3) is 5.91 Å². The number of alkyl halides is 6. The first-order valence-corrected chi connectivity index (χ1v) is 12.6. The number of amides is 1. The van der Waals surface area contributed by atoms with Gasteiger partial charge in [-0.25, -0.2) is 9.97 Å². The Morgan fingerprint density at radius 1 is 0.878 bits per heavy atom. The number of likely N-dealkylation sites (N-methyl/N-ethyl adjacent to an activating group) is 1. The Kier molecular flexibility index (Phi) is 8.52. The van der Waals surface area contributed by atoms with Crippen molar-refractivity contribution in [2.45, 2.75) is 18.8 Å². The van der Waals surface area contributed by atoms with Crippen LogP contribution >= 0.6 is 0 Å². The fourth-order valence-electron chi connectivity index (χ4n) is 4.43. The summed E-state index contributed by atoms with van der Waals surface area (Å²) >= 11 is 0. The molecule has 1 heterocycles. The van der Waals surface area contributed by atoms with Crippen LogP contribution in [0.3, 0.4) is 0 Å². The third-order valence-corrected chi connectivity index (χ3v) is 6.35. The molecule has 0 aliphatic carbocycles. The van der Waals surface area contributed by atoms with E-state index in [0.717, 1.165) is 5.39 Å². The van der Waals surface area contributed by atoms with E-state index in [-0.39, 0.29) is 34.5 Å². The zero-order chi connectivity index (χ0) is 29.9. The molecular weight excluding hydrogens is 548 g/mol. The highest BCUT2D eigenvalue weighted by Crippen LogP contribution is 2.38. The van der Waals surface area contributed by atoms with Crippen LogP contribution in [-0.2, 0) is 18.8 Å². The van der Waals surface area contributed by atoms with E-state index in [2.05, 4.69) is 20.6 Å². The summed E-state index contributed by atoms with van der Waals surface area (Å²) in [6, 6.07) is 14.0. The van der Waals surface area contributed by atoms with Crippen LogP contribution in [-0.4, -0.2) is 55.0 Å². The van der Waals surface area contributed by atoms with Gasteiger partial charge in [0.05, 0.1) is 16.8 Å². The van der Waals surface area contributed by atoms with E-state index in [4.69, 9.17) is 0 Å². The molecule has 4 rings (SSSR count). The van der Waals surface area contributed by atoms with Gasteiger partial charge in [0.15, 0.2) is 0 Å². The minimum atomic E-state index is -5.01. The first kappa shape index (κ1) is 29.8. The molecule has 0 atom stereocenters. The predicted octanol–water partition coefficient (Wildman–Crippen LogP) is 6.26. The number of benzene rings is 3. The molecule has 12 heteroatoms. The molecule has 216 valence electrons. The van der Waals surface area contributed by atoms with Crippen molar-refractivity contribution >= 4 is 22.6 Å². The van der Waals surface area contributed by atoms with Crippen molar-refractivity contribution in [3.05, 3.63) is 88.7 Å². The van der Waals surface area contributed by atoms with E-state index in [1.54, 1.807) is 24.3 Å². The number of fused-ring (bicyclic) bond motifs is 1. The summed E-state index contributed by atoms with van der Waals surface area (Å²) in [7, 11) is 5.09. The monoisotopic (exact) mass is 575 g/mol. The lowest BCUT2D eigenvalue weighted by molar-refractivity contribution is -0.143. The van der Waals surface area contributed by atoms with Crippen molar-refractivity contribution in [2.24, 2.45) is 0 Å². The van der Waals surface area contributed by atoms with Crippen LogP contribution in [0.1, 0.15) is 32.9 Å². The molecule has 3 aromatic carbocycles. The fourth-order valence-corrected chi connectivity index (χ4v) is 4.43. The number of nitrogens with zero attached hydrogens (tertiary/aromatic N) is 3. The summed E-state index contributed by atoms with van der Waals surface area (Å²) in [6.45, 7) is 0.941. The number of halogens is 6. The van der Waals surface area contributed by atoms with E-state index in [1.165, 1.54) is 7.05 Å². The number of carbonyl (C=O) groups excluding carboxylic acids is 1. The van der Waals surface area contributed by atoms with Crippen LogP contribution in [0.5, 0.6) is 0 Å². The molecule has 4 aromatic rings. The number of carbonyl (C=O) groups is 1. The number of nitrogens with one attached hydrogen (secondary N) is 2. The Hall–Kier alpha value is -4.19. The van der Waals surface area contributed by atoms with Gasteiger partial charge in [0.1, 0.15) is 5.69 Å². The molecule has 0 bridgehead atoms. The van der Waals surface area contributed by atoms with Gasteiger partial charge in [-0.1, -0.05) is 42.5 Å². The maximum Gasteiger partial charge on any atom is 0.416 e. The largest absolute Gasteiger partial charge is 0.416 e. The molecular formula is C29H27F6N5O. The number of aromatic nitrogens is 2. The number of hydrogen-bond donors (Lipinski definition) is 2. The lowest BCUT2D eigenvalue weighted by Crippen LogP contribution is -2.25. The highest BCUT2D eigenvalue weighted by molar-refractivity contribution is 6.05. The number of hydrogen-bond acceptors (Lipinski definition) is 5. The number of rotatable bonds is 8. The third-order valence-electron chi connectivity index (χ3n) is 6.35. The molecule has 0 spiro atoms. The average molecular weight is 576 g/mol. The smallest absolute Gasteiger partial charge is 0.354 e.